The van der Waals surface area contributed by atoms with Crippen LogP contribution in [-0.2, 0) is 0 Å². The minimum absolute atomic E-state index is 0.363. The van der Waals surface area contributed by atoms with Crippen molar-refractivity contribution in [1.82, 2.24) is 4.90 Å². The van der Waals surface area contributed by atoms with E-state index >= 15 is 0 Å². The molecule has 1 aromatic rings. The predicted octanol–water partition coefficient (Wildman–Crippen LogP) is 3.50. The highest BCUT2D eigenvalue weighted by atomic mass is 127. The molecule has 3 heteroatoms. The van der Waals surface area contributed by atoms with Crippen LogP contribution < -0.4 is 0 Å². The largest absolute Gasteiger partial charge is 0.508 e. The van der Waals surface area contributed by atoms with Crippen molar-refractivity contribution in [2.45, 2.75) is 23.7 Å². The summed E-state index contributed by atoms with van der Waals surface area (Å²) in [5.74, 6) is 1.41. The number of nitrogens with zero attached hydrogens (tertiary/aromatic N) is 1. The van der Waals surface area contributed by atoms with E-state index in [4.69, 9.17) is 0 Å². The zero-order valence-electron chi connectivity index (χ0n) is 11.0. The first kappa shape index (κ1) is 14.8. The van der Waals surface area contributed by atoms with E-state index in [0.29, 0.717) is 21.5 Å². The fourth-order valence-corrected chi connectivity index (χ4v) is 3.59. The van der Waals surface area contributed by atoms with Crippen LogP contribution in [0.2, 0.25) is 0 Å². The molecule has 1 rings (SSSR count). The normalized spacial score (nSPS) is 16.8. The van der Waals surface area contributed by atoms with Gasteiger partial charge < -0.3 is 10.0 Å². The van der Waals surface area contributed by atoms with Gasteiger partial charge in [-0.1, -0.05) is 48.6 Å². The summed E-state index contributed by atoms with van der Waals surface area (Å²) in [5.41, 5.74) is 1.24. The molecule has 0 aliphatic heterocycles. The molecule has 1 aromatic carbocycles. The molecule has 3 atom stereocenters. The van der Waals surface area contributed by atoms with E-state index in [9.17, 15) is 5.11 Å². The number of benzene rings is 1. The summed E-state index contributed by atoms with van der Waals surface area (Å²) in [7, 11) is 4.21. The Bertz CT molecular complexity index is 352. The Kier molecular flexibility index (Phi) is 5.73. The number of rotatable bonds is 5. The van der Waals surface area contributed by atoms with Crippen molar-refractivity contribution in [2.75, 3.05) is 20.6 Å². The molecule has 1 unspecified atom stereocenters. The molecule has 0 radical (unpaired) electrons. The molecule has 0 saturated carbocycles. The van der Waals surface area contributed by atoms with Crippen LogP contribution in [0.3, 0.4) is 0 Å². The fourth-order valence-electron chi connectivity index (χ4n) is 2.47. The van der Waals surface area contributed by atoms with Gasteiger partial charge in [-0.05, 0) is 43.6 Å². The first-order chi connectivity index (χ1) is 7.91. The first-order valence-corrected chi connectivity index (χ1v) is 7.24. The molecule has 0 aromatic heterocycles. The fraction of sp³-hybridized carbons (Fsp3) is 0.571. The maximum absolute atomic E-state index is 9.59. The maximum Gasteiger partial charge on any atom is 0.115 e. The third-order valence-corrected chi connectivity index (χ3v) is 3.79. The molecule has 17 heavy (non-hydrogen) atoms. The van der Waals surface area contributed by atoms with Crippen molar-refractivity contribution in [3.63, 3.8) is 0 Å². The molecule has 0 saturated heterocycles. The van der Waals surface area contributed by atoms with Gasteiger partial charge in [-0.25, -0.2) is 0 Å². The lowest BCUT2D eigenvalue weighted by Gasteiger charge is -2.29. The molecule has 0 fully saturated rings. The Morgan fingerprint density at radius 3 is 2.41 bits per heavy atom. The van der Waals surface area contributed by atoms with Gasteiger partial charge in [0.05, 0.1) is 0 Å². The summed E-state index contributed by atoms with van der Waals surface area (Å²) in [5, 5.41) is 9.59. The van der Waals surface area contributed by atoms with Crippen molar-refractivity contribution < 1.29 is 5.11 Å². The average molecular weight is 347 g/mol. The van der Waals surface area contributed by atoms with E-state index in [1.54, 1.807) is 6.07 Å². The molecule has 0 amide bonds. The summed E-state index contributed by atoms with van der Waals surface area (Å²) in [6.07, 6.45) is 0. The first-order valence-electron chi connectivity index (χ1n) is 5.99. The van der Waals surface area contributed by atoms with Crippen molar-refractivity contribution in [3.8, 4) is 5.75 Å². The molecule has 1 N–H and O–H groups in total. The lowest BCUT2D eigenvalue weighted by Crippen LogP contribution is -2.27. The van der Waals surface area contributed by atoms with Gasteiger partial charge >= 0.3 is 0 Å². The number of phenolic OH excluding ortho intramolecular Hbond substituents is 1. The minimum atomic E-state index is 0.363. The van der Waals surface area contributed by atoms with Gasteiger partial charge in [0, 0.05) is 10.5 Å². The predicted molar refractivity (Wildman–Crippen MR) is 82.0 cm³/mol. The monoisotopic (exact) mass is 347 g/mol. The van der Waals surface area contributed by atoms with Crippen LogP contribution >= 0.6 is 22.6 Å². The highest BCUT2D eigenvalue weighted by Crippen LogP contribution is 2.34. The number of alkyl halides is 1. The molecule has 0 aliphatic rings. The van der Waals surface area contributed by atoms with E-state index in [0.717, 1.165) is 6.54 Å². The van der Waals surface area contributed by atoms with Gasteiger partial charge in [-0.15, -0.1) is 0 Å². The Labute approximate surface area is 118 Å². The van der Waals surface area contributed by atoms with Crippen molar-refractivity contribution in [1.29, 1.82) is 0 Å². The Balaban J connectivity index is 2.93. The van der Waals surface area contributed by atoms with Crippen molar-refractivity contribution in [3.05, 3.63) is 29.8 Å². The third kappa shape index (κ3) is 4.47. The number of hydrogen-bond acceptors (Lipinski definition) is 2. The Morgan fingerprint density at radius 2 is 1.94 bits per heavy atom. The van der Waals surface area contributed by atoms with E-state index in [1.807, 2.05) is 12.1 Å². The summed E-state index contributed by atoms with van der Waals surface area (Å²) >= 11 is 2.48. The van der Waals surface area contributed by atoms with E-state index in [-0.39, 0.29) is 0 Å². The zero-order valence-corrected chi connectivity index (χ0v) is 13.2. The van der Waals surface area contributed by atoms with Gasteiger partial charge in [0.2, 0.25) is 0 Å². The molecule has 96 valence electrons. The molecule has 0 aliphatic carbocycles. The van der Waals surface area contributed by atoms with E-state index < -0.39 is 0 Å². The second-order valence-electron chi connectivity index (χ2n) is 5.04. The smallest absolute Gasteiger partial charge is 0.115 e. The maximum atomic E-state index is 9.59. The zero-order chi connectivity index (χ0) is 13.0. The molecule has 2 nitrogen and oxygen atoms in total. The van der Waals surface area contributed by atoms with Crippen LogP contribution in [0, 0.1) is 5.92 Å². The van der Waals surface area contributed by atoms with Crippen molar-refractivity contribution >= 4 is 22.6 Å². The van der Waals surface area contributed by atoms with Gasteiger partial charge in [0.25, 0.3) is 0 Å². The highest BCUT2D eigenvalue weighted by molar-refractivity contribution is 14.1. The van der Waals surface area contributed by atoms with E-state index in [2.05, 4.69) is 61.5 Å². The van der Waals surface area contributed by atoms with Crippen LogP contribution in [0.25, 0.3) is 0 Å². The van der Waals surface area contributed by atoms with Gasteiger partial charge in [0.1, 0.15) is 5.75 Å². The van der Waals surface area contributed by atoms with Crippen LogP contribution in [0.1, 0.15) is 25.3 Å². The summed E-state index contributed by atoms with van der Waals surface area (Å²) in [6.45, 7) is 5.58. The molecular weight excluding hydrogens is 325 g/mol. The van der Waals surface area contributed by atoms with Crippen LogP contribution in [0.4, 0.5) is 0 Å². The lowest BCUT2D eigenvalue weighted by atomic mass is 9.85. The van der Waals surface area contributed by atoms with Gasteiger partial charge in [-0.2, -0.15) is 0 Å². The van der Waals surface area contributed by atoms with Crippen LogP contribution in [0.15, 0.2) is 24.3 Å². The second kappa shape index (κ2) is 6.59. The minimum Gasteiger partial charge on any atom is -0.508 e. The number of aromatic hydroxyl groups is 1. The average Bonchev–Trinajstić information content (AvgIpc) is 2.15. The molecule has 0 heterocycles. The van der Waals surface area contributed by atoms with Crippen LogP contribution in [-0.4, -0.2) is 34.6 Å². The SMILES string of the molecule is CC(I)[C@@H](c1cccc(O)c1)[C@@H](C)CN(C)C. The summed E-state index contributed by atoms with van der Waals surface area (Å²) in [6, 6.07) is 7.67. The van der Waals surface area contributed by atoms with Gasteiger partial charge in [-0.3, -0.25) is 0 Å². The number of halogens is 1. The lowest BCUT2D eigenvalue weighted by molar-refractivity contribution is 0.306. The second-order valence-corrected chi connectivity index (χ2v) is 7.00. The Morgan fingerprint density at radius 1 is 1.29 bits per heavy atom. The number of phenols is 1. The quantitative estimate of drug-likeness (QED) is 0.651. The number of hydrogen-bond donors (Lipinski definition) is 1. The highest BCUT2D eigenvalue weighted by Gasteiger charge is 2.24. The summed E-state index contributed by atoms with van der Waals surface area (Å²) < 4.78 is 0.546. The standard InChI is InChI=1S/C14H22INO/c1-10(9-16(3)4)14(11(2)15)12-6-5-7-13(17)8-12/h5-8,10-11,14,17H,9H2,1-4H3/t10-,11?,14-/m0/s1. The molecular formula is C14H22INO. The third-order valence-electron chi connectivity index (χ3n) is 3.02. The van der Waals surface area contributed by atoms with Crippen molar-refractivity contribution in [2.24, 2.45) is 5.92 Å². The Hall–Kier alpha value is -0.290. The van der Waals surface area contributed by atoms with Gasteiger partial charge in [0.15, 0.2) is 0 Å². The van der Waals surface area contributed by atoms with E-state index in [1.165, 1.54) is 5.56 Å². The molecule has 0 spiro atoms. The van der Waals surface area contributed by atoms with Crippen LogP contribution in [0.5, 0.6) is 5.75 Å². The topological polar surface area (TPSA) is 23.5 Å². The summed E-state index contributed by atoms with van der Waals surface area (Å²) in [4.78, 5) is 2.22. The molecule has 0 bridgehead atoms.